The molecule has 0 unspecified atom stereocenters. The van der Waals surface area contributed by atoms with Gasteiger partial charge < -0.3 is 15.8 Å². The van der Waals surface area contributed by atoms with Gasteiger partial charge in [0.05, 0.1) is 18.8 Å². The molecule has 1 fully saturated rings. The third kappa shape index (κ3) is 4.59. The first kappa shape index (κ1) is 12.4. The molecule has 88 valence electrons. The summed E-state index contributed by atoms with van der Waals surface area (Å²) in [6, 6.07) is 0. The molecule has 1 aliphatic heterocycles. The van der Waals surface area contributed by atoms with Crippen LogP contribution in [0, 0.1) is 0 Å². The van der Waals surface area contributed by atoms with Gasteiger partial charge in [0.2, 0.25) is 5.91 Å². The van der Waals surface area contributed by atoms with Crippen LogP contribution in [0.15, 0.2) is 0 Å². The van der Waals surface area contributed by atoms with Crippen LogP contribution in [0.3, 0.4) is 0 Å². The Morgan fingerprint density at radius 2 is 2.33 bits per heavy atom. The number of amides is 1. The van der Waals surface area contributed by atoms with Crippen LogP contribution in [-0.4, -0.2) is 55.7 Å². The molecule has 1 amide bonds. The minimum absolute atomic E-state index is 0.0400. The Morgan fingerprint density at radius 3 is 2.93 bits per heavy atom. The molecule has 1 heterocycles. The number of nitrogens with one attached hydrogen (secondary N) is 1. The lowest BCUT2D eigenvalue weighted by atomic mass is 10.1. The summed E-state index contributed by atoms with van der Waals surface area (Å²) in [5.41, 5.74) is 5.16. The topological polar surface area (TPSA) is 67.6 Å². The molecule has 0 atom stereocenters. The Bertz CT molecular complexity index is 219. The van der Waals surface area contributed by atoms with Crippen molar-refractivity contribution in [2.45, 2.75) is 19.4 Å². The van der Waals surface area contributed by atoms with Gasteiger partial charge in [-0.05, 0) is 13.8 Å². The lowest BCUT2D eigenvalue weighted by molar-refractivity contribution is -0.127. The Labute approximate surface area is 90.9 Å². The van der Waals surface area contributed by atoms with Gasteiger partial charge in [0.15, 0.2) is 0 Å². The van der Waals surface area contributed by atoms with Crippen LogP contribution in [0.25, 0.3) is 0 Å². The van der Waals surface area contributed by atoms with Crippen molar-refractivity contribution in [1.82, 2.24) is 10.2 Å². The van der Waals surface area contributed by atoms with Crippen molar-refractivity contribution < 1.29 is 9.53 Å². The zero-order valence-electron chi connectivity index (χ0n) is 9.58. The van der Waals surface area contributed by atoms with Crippen LogP contribution in [0.4, 0.5) is 0 Å². The summed E-state index contributed by atoms with van der Waals surface area (Å²) >= 11 is 0. The third-order valence-corrected chi connectivity index (χ3v) is 2.34. The number of rotatable bonds is 4. The maximum Gasteiger partial charge on any atom is 0.234 e. The van der Waals surface area contributed by atoms with Gasteiger partial charge in [-0.15, -0.1) is 0 Å². The van der Waals surface area contributed by atoms with E-state index in [0.29, 0.717) is 26.2 Å². The maximum absolute atomic E-state index is 11.4. The Kier molecular flexibility index (Phi) is 4.50. The van der Waals surface area contributed by atoms with E-state index in [2.05, 4.69) is 10.2 Å². The molecule has 3 N–H and O–H groups in total. The molecule has 0 radical (unpaired) electrons. The molecule has 0 saturated carbocycles. The summed E-state index contributed by atoms with van der Waals surface area (Å²) in [7, 11) is 0. The van der Waals surface area contributed by atoms with Crippen LogP contribution >= 0.6 is 0 Å². The van der Waals surface area contributed by atoms with E-state index in [0.717, 1.165) is 13.1 Å². The fourth-order valence-electron chi connectivity index (χ4n) is 1.72. The van der Waals surface area contributed by atoms with E-state index in [1.54, 1.807) is 0 Å². The largest absolute Gasteiger partial charge is 0.373 e. The lowest BCUT2D eigenvalue weighted by Crippen LogP contribution is -2.51. The second-order valence-corrected chi connectivity index (χ2v) is 4.46. The zero-order chi connectivity index (χ0) is 11.3. The van der Waals surface area contributed by atoms with E-state index < -0.39 is 0 Å². The highest BCUT2D eigenvalue weighted by Crippen LogP contribution is 2.15. The standard InChI is InChI=1S/C10H21N3O2/c1-10(2)8-13(5-6-15-10)7-9(14)12-4-3-11/h3-8,11H2,1-2H3,(H,12,14). The van der Waals surface area contributed by atoms with Crippen LogP contribution < -0.4 is 11.1 Å². The Hall–Kier alpha value is -0.650. The molecule has 0 aromatic heterocycles. The third-order valence-electron chi connectivity index (χ3n) is 2.34. The van der Waals surface area contributed by atoms with E-state index in [9.17, 15) is 4.79 Å². The Morgan fingerprint density at radius 1 is 1.60 bits per heavy atom. The number of nitrogens with zero attached hydrogens (tertiary/aromatic N) is 1. The van der Waals surface area contributed by atoms with Crippen molar-refractivity contribution in [2.24, 2.45) is 5.73 Å². The first-order chi connectivity index (χ1) is 7.03. The molecule has 5 heteroatoms. The molecular formula is C10H21N3O2. The summed E-state index contributed by atoms with van der Waals surface area (Å²) in [5, 5.41) is 2.76. The van der Waals surface area contributed by atoms with Crippen molar-refractivity contribution in [3.63, 3.8) is 0 Å². The Balaban J connectivity index is 2.28. The average Bonchev–Trinajstić information content (AvgIpc) is 2.13. The maximum atomic E-state index is 11.4. The highest BCUT2D eigenvalue weighted by Gasteiger charge is 2.27. The second kappa shape index (κ2) is 5.44. The van der Waals surface area contributed by atoms with Gasteiger partial charge in [-0.2, -0.15) is 0 Å². The van der Waals surface area contributed by atoms with Crippen LogP contribution in [0.5, 0.6) is 0 Å². The molecule has 1 saturated heterocycles. The van der Waals surface area contributed by atoms with E-state index in [1.807, 2.05) is 13.8 Å². The van der Waals surface area contributed by atoms with Gasteiger partial charge >= 0.3 is 0 Å². The SMILES string of the molecule is CC1(C)CN(CC(=O)NCCN)CCO1. The van der Waals surface area contributed by atoms with Crippen molar-refractivity contribution >= 4 is 5.91 Å². The summed E-state index contributed by atoms with van der Waals surface area (Å²) in [4.78, 5) is 13.5. The molecule has 0 bridgehead atoms. The smallest absolute Gasteiger partial charge is 0.234 e. The molecule has 0 aliphatic carbocycles. The molecule has 1 rings (SSSR count). The van der Waals surface area contributed by atoms with E-state index in [-0.39, 0.29) is 11.5 Å². The van der Waals surface area contributed by atoms with Gasteiger partial charge in [-0.3, -0.25) is 9.69 Å². The molecular weight excluding hydrogens is 194 g/mol. The van der Waals surface area contributed by atoms with Gasteiger partial charge in [0, 0.05) is 26.2 Å². The molecule has 1 aliphatic rings. The van der Waals surface area contributed by atoms with E-state index in [4.69, 9.17) is 10.5 Å². The molecule has 15 heavy (non-hydrogen) atoms. The molecule has 0 aromatic rings. The molecule has 0 aromatic carbocycles. The normalized spacial score (nSPS) is 21.3. The summed E-state index contributed by atoms with van der Waals surface area (Å²) in [5.74, 6) is 0.0400. The summed E-state index contributed by atoms with van der Waals surface area (Å²) in [6.45, 7) is 7.85. The number of nitrogens with two attached hydrogens (primary N) is 1. The summed E-state index contributed by atoms with van der Waals surface area (Å²) in [6.07, 6.45) is 0. The lowest BCUT2D eigenvalue weighted by Gasteiger charge is -2.37. The van der Waals surface area contributed by atoms with Crippen molar-refractivity contribution in [3.8, 4) is 0 Å². The number of hydrogen-bond acceptors (Lipinski definition) is 4. The highest BCUT2D eigenvalue weighted by molar-refractivity contribution is 5.78. The van der Waals surface area contributed by atoms with Crippen molar-refractivity contribution in [1.29, 1.82) is 0 Å². The zero-order valence-corrected chi connectivity index (χ0v) is 9.58. The molecule has 0 spiro atoms. The van der Waals surface area contributed by atoms with Crippen molar-refractivity contribution in [2.75, 3.05) is 39.3 Å². The van der Waals surface area contributed by atoms with Gasteiger partial charge in [-0.25, -0.2) is 0 Å². The first-order valence-corrected chi connectivity index (χ1v) is 5.36. The average molecular weight is 215 g/mol. The number of ether oxygens (including phenoxy) is 1. The van der Waals surface area contributed by atoms with Crippen molar-refractivity contribution in [3.05, 3.63) is 0 Å². The number of carbonyl (C=O) groups is 1. The summed E-state index contributed by atoms with van der Waals surface area (Å²) < 4.78 is 5.56. The fraction of sp³-hybridized carbons (Fsp3) is 0.900. The van der Waals surface area contributed by atoms with Gasteiger partial charge in [0.25, 0.3) is 0 Å². The fourth-order valence-corrected chi connectivity index (χ4v) is 1.72. The van der Waals surface area contributed by atoms with Crippen LogP contribution in [0.1, 0.15) is 13.8 Å². The predicted octanol–water partition coefficient (Wildman–Crippen LogP) is -0.828. The number of morpholine rings is 1. The number of hydrogen-bond donors (Lipinski definition) is 2. The van der Waals surface area contributed by atoms with Crippen LogP contribution in [0.2, 0.25) is 0 Å². The first-order valence-electron chi connectivity index (χ1n) is 5.36. The van der Waals surface area contributed by atoms with Gasteiger partial charge in [0.1, 0.15) is 0 Å². The monoisotopic (exact) mass is 215 g/mol. The minimum Gasteiger partial charge on any atom is -0.373 e. The highest BCUT2D eigenvalue weighted by atomic mass is 16.5. The predicted molar refractivity (Wildman–Crippen MR) is 58.5 cm³/mol. The van der Waals surface area contributed by atoms with E-state index >= 15 is 0 Å². The van der Waals surface area contributed by atoms with E-state index in [1.165, 1.54) is 0 Å². The molecule has 5 nitrogen and oxygen atoms in total. The second-order valence-electron chi connectivity index (χ2n) is 4.46. The quantitative estimate of drug-likeness (QED) is 0.642. The minimum atomic E-state index is -0.146. The number of carbonyl (C=O) groups excluding carboxylic acids is 1. The van der Waals surface area contributed by atoms with Gasteiger partial charge in [-0.1, -0.05) is 0 Å². The van der Waals surface area contributed by atoms with Crippen LogP contribution in [-0.2, 0) is 9.53 Å².